The summed E-state index contributed by atoms with van der Waals surface area (Å²) in [6.07, 6.45) is 4.12. The molecule has 0 aliphatic heterocycles. The van der Waals surface area contributed by atoms with E-state index >= 15 is 0 Å². The fourth-order valence-corrected chi connectivity index (χ4v) is 3.23. The van der Waals surface area contributed by atoms with E-state index in [1.54, 1.807) is 18.7 Å². The average molecular weight is 250 g/mol. The molecule has 0 spiro atoms. The molecule has 0 radical (unpaired) electrons. The number of hydrogen-bond donors (Lipinski definition) is 1. The third-order valence-electron chi connectivity index (χ3n) is 3.30. The van der Waals surface area contributed by atoms with Crippen molar-refractivity contribution in [3.63, 3.8) is 0 Å². The molecular formula is C14H18O2S. The highest BCUT2D eigenvalue weighted by Crippen LogP contribution is 2.34. The Bertz CT molecular complexity index is 391. The van der Waals surface area contributed by atoms with Crippen LogP contribution in [0.1, 0.15) is 43.0 Å². The molecule has 0 amide bonds. The number of carbonyl (C=O) groups is 1. The van der Waals surface area contributed by atoms with E-state index in [0.29, 0.717) is 0 Å². The topological polar surface area (TPSA) is 37.3 Å². The van der Waals surface area contributed by atoms with Crippen molar-refractivity contribution in [2.24, 2.45) is 0 Å². The van der Waals surface area contributed by atoms with Gasteiger partial charge in [0.15, 0.2) is 5.78 Å². The highest BCUT2D eigenvalue weighted by molar-refractivity contribution is 7.99. The number of Topliss-reactive ketones (excluding diaryl/α,β-unsaturated/α-hetero) is 1. The summed E-state index contributed by atoms with van der Waals surface area (Å²) in [7, 11) is 0. The zero-order chi connectivity index (χ0) is 12.3. The lowest BCUT2D eigenvalue weighted by Gasteiger charge is -2.21. The standard InChI is InChI=1S/C14H18O2S/c1-11(15)12-4-6-13(7-5-12)17-10-14(16)8-2-3-9-14/h4-7,16H,2-3,8-10H2,1H3. The van der Waals surface area contributed by atoms with Gasteiger partial charge in [-0.05, 0) is 31.9 Å². The van der Waals surface area contributed by atoms with Gasteiger partial charge in [-0.25, -0.2) is 0 Å². The molecule has 3 heteroatoms. The molecule has 1 aliphatic carbocycles. The normalized spacial score (nSPS) is 18.2. The summed E-state index contributed by atoms with van der Waals surface area (Å²) in [5, 5.41) is 10.2. The molecule has 17 heavy (non-hydrogen) atoms. The van der Waals surface area contributed by atoms with Crippen molar-refractivity contribution >= 4 is 17.5 Å². The van der Waals surface area contributed by atoms with Crippen LogP contribution in [0.2, 0.25) is 0 Å². The van der Waals surface area contributed by atoms with Crippen molar-refractivity contribution in [3.05, 3.63) is 29.8 Å². The molecular weight excluding hydrogens is 232 g/mol. The van der Waals surface area contributed by atoms with Crippen LogP contribution >= 0.6 is 11.8 Å². The number of hydrogen-bond acceptors (Lipinski definition) is 3. The average Bonchev–Trinajstić information content (AvgIpc) is 2.75. The summed E-state index contributed by atoms with van der Waals surface area (Å²) >= 11 is 1.68. The highest BCUT2D eigenvalue weighted by Gasteiger charge is 2.30. The van der Waals surface area contributed by atoms with Crippen LogP contribution in [0, 0.1) is 0 Å². The second-order valence-electron chi connectivity index (χ2n) is 4.80. The van der Waals surface area contributed by atoms with Crippen molar-refractivity contribution in [1.82, 2.24) is 0 Å². The van der Waals surface area contributed by atoms with Crippen LogP contribution in [0.4, 0.5) is 0 Å². The first-order chi connectivity index (χ1) is 8.09. The van der Waals surface area contributed by atoms with Gasteiger partial charge in [-0.15, -0.1) is 11.8 Å². The number of aliphatic hydroxyl groups is 1. The quantitative estimate of drug-likeness (QED) is 0.658. The minimum absolute atomic E-state index is 0.0935. The van der Waals surface area contributed by atoms with Crippen molar-refractivity contribution in [2.75, 3.05) is 5.75 Å². The van der Waals surface area contributed by atoms with E-state index in [2.05, 4.69) is 0 Å². The second kappa shape index (κ2) is 5.23. The molecule has 1 saturated carbocycles. The van der Waals surface area contributed by atoms with E-state index < -0.39 is 5.60 Å². The lowest BCUT2D eigenvalue weighted by molar-refractivity contribution is 0.0732. The Morgan fingerprint density at radius 1 is 1.29 bits per heavy atom. The summed E-state index contributed by atoms with van der Waals surface area (Å²) in [5.74, 6) is 0.850. The molecule has 92 valence electrons. The molecule has 0 bridgehead atoms. The van der Waals surface area contributed by atoms with Crippen LogP contribution in [0.15, 0.2) is 29.2 Å². The fourth-order valence-electron chi connectivity index (χ4n) is 2.18. The monoisotopic (exact) mass is 250 g/mol. The number of benzene rings is 1. The molecule has 0 aromatic heterocycles. The Kier molecular flexibility index (Phi) is 3.89. The smallest absolute Gasteiger partial charge is 0.159 e. The van der Waals surface area contributed by atoms with E-state index in [-0.39, 0.29) is 5.78 Å². The van der Waals surface area contributed by atoms with E-state index in [9.17, 15) is 9.90 Å². The molecule has 2 nitrogen and oxygen atoms in total. The minimum Gasteiger partial charge on any atom is -0.389 e. The molecule has 0 heterocycles. The van der Waals surface area contributed by atoms with Gasteiger partial charge >= 0.3 is 0 Å². The number of thioether (sulfide) groups is 1. The SMILES string of the molecule is CC(=O)c1ccc(SCC2(O)CCCC2)cc1. The zero-order valence-electron chi connectivity index (χ0n) is 10.1. The molecule has 2 rings (SSSR count). The first-order valence-corrected chi connectivity index (χ1v) is 7.04. The third kappa shape index (κ3) is 3.33. The van der Waals surface area contributed by atoms with Gasteiger partial charge in [0.05, 0.1) is 5.60 Å². The summed E-state index contributed by atoms with van der Waals surface area (Å²) in [6, 6.07) is 7.62. The lowest BCUT2D eigenvalue weighted by Crippen LogP contribution is -2.26. The van der Waals surface area contributed by atoms with Gasteiger partial charge in [0.25, 0.3) is 0 Å². The van der Waals surface area contributed by atoms with Gasteiger partial charge in [-0.1, -0.05) is 25.0 Å². The maximum Gasteiger partial charge on any atom is 0.159 e. The predicted molar refractivity (Wildman–Crippen MR) is 70.6 cm³/mol. The van der Waals surface area contributed by atoms with E-state index in [4.69, 9.17) is 0 Å². The first-order valence-electron chi connectivity index (χ1n) is 6.05. The molecule has 1 aromatic carbocycles. The molecule has 1 aliphatic rings. The summed E-state index contributed by atoms with van der Waals surface area (Å²) < 4.78 is 0. The van der Waals surface area contributed by atoms with Crippen molar-refractivity contribution in [3.8, 4) is 0 Å². The fraction of sp³-hybridized carbons (Fsp3) is 0.500. The molecule has 1 fully saturated rings. The Morgan fingerprint density at radius 2 is 1.88 bits per heavy atom. The van der Waals surface area contributed by atoms with Crippen LogP contribution in [-0.4, -0.2) is 22.2 Å². The Balaban J connectivity index is 1.93. The molecule has 1 aromatic rings. The zero-order valence-corrected chi connectivity index (χ0v) is 10.9. The number of carbonyl (C=O) groups excluding carboxylic acids is 1. The van der Waals surface area contributed by atoms with Crippen molar-refractivity contribution < 1.29 is 9.90 Å². The van der Waals surface area contributed by atoms with Gasteiger partial charge in [-0.2, -0.15) is 0 Å². The minimum atomic E-state index is -0.468. The van der Waals surface area contributed by atoms with Crippen molar-refractivity contribution in [2.45, 2.75) is 43.1 Å². The molecule has 0 saturated heterocycles. The van der Waals surface area contributed by atoms with Crippen LogP contribution < -0.4 is 0 Å². The molecule has 0 unspecified atom stereocenters. The van der Waals surface area contributed by atoms with Crippen LogP contribution in [-0.2, 0) is 0 Å². The van der Waals surface area contributed by atoms with Crippen molar-refractivity contribution in [1.29, 1.82) is 0 Å². The van der Waals surface area contributed by atoms with Gasteiger partial charge in [0.1, 0.15) is 0 Å². The third-order valence-corrected chi connectivity index (χ3v) is 4.59. The van der Waals surface area contributed by atoms with Gasteiger partial charge in [0.2, 0.25) is 0 Å². The Hall–Kier alpha value is -0.800. The summed E-state index contributed by atoms with van der Waals surface area (Å²) in [4.78, 5) is 12.2. The summed E-state index contributed by atoms with van der Waals surface area (Å²) in [5.41, 5.74) is 0.276. The molecule has 0 atom stereocenters. The first kappa shape index (κ1) is 12.7. The number of ketones is 1. The van der Waals surface area contributed by atoms with E-state index in [1.165, 1.54) is 0 Å². The lowest BCUT2D eigenvalue weighted by atomic mass is 10.1. The van der Waals surface area contributed by atoms with E-state index in [1.807, 2.05) is 24.3 Å². The maximum absolute atomic E-state index is 11.1. The van der Waals surface area contributed by atoms with Crippen LogP contribution in [0.25, 0.3) is 0 Å². The van der Waals surface area contributed by atoms with Gasteiger partial charge < -0.3 is 5.11 Å². The van der Waals surface area contributed by atoms with E-state index in [0.717, 1.165) is 41.9 Å². The van der Waals surface area contributed by atoms with Gasteiger partial charge in [-0.3, -0.25) is 4.79 Å². The number of rotatable bonds is 4. The predicted octanol–water partition coefficient (Wildman–Crippen LogP) is 3.29. The summed E-state index contributed by atoms with van der Waals surface area (Å²) in [6.45, 7) is 1.57. The van der Waals surface area contributed by atoms with Crippen LogP contribution in [0.3, 0.4) is 0 Å². The highest BCUT2D eigenvalue weighted by atomic mass is 32.2. The second-order valence-corrected chi connectivity index (χ2v) is 5.85. The maximum atomic E-state index is 11.1. The Labute approximate surface area is 106 Å². The molecule has 1 N–H and O–H groups in total. The largest absolute Gasteiger partial charge is 0.389 e. The van der Waals surface area contributed by atoms with Gasteiger partial charge in [0, 0.05) is 16.2 Å². The Morgan fingerprint density at radius 3 is 2.41 bits per heavy atom. The van der Waals surface area contributed by atoms with Crippen LogP contribution in [0.5, 0.6) is 0 Å².